The van der Waals surface area contributed by atoms with Gasteiger partial charge in [0.15, 0.2) is 5.78 Å². The van der Waals surface area contributed by atoms with E-state index in [-0.39, 0.29) is 30.8 Å². The number of nitrogens with zero attached hydrogens (tertiary/aromatic N) is 3. The molecule has 0 radical (unpaired) electrons. The standard InChI is InChI=1S/C25H23N3O11/c1-24(2,39-23(33)38-13-15-5-9-17(10-6-15)28(36)37)20-18-11-19(29)25(22(31)32,26(18)21(20)30)12-14-3-7-16(8-4-14)27(34)35/h3-10,18,20H,11-13H2,1-2H3,(H,31,32)/t18-,20-,25-/m1/s1. The Labute approximate surface area is 220 Å². The summed E-state index contributed by atoms with van der Waals surface area (Å²) >= 11 is 0. The number of carbonyl (C=O) groups is 4. The van der Waals surface area contributed by atoms with Gasteiger partial charge in [0.1, 0.15) is 12.2 Å². The number of hydrogen-bond acceptors (Lipinski definition) is 10. The highest BCUT2D eigenvalue weighted by molar-refractivity contribution is 6.15. The Morgan fingerprint density at radius 1 is 1.00 bits per heavy atom. The molecule has 1 N–H and O–H groups in total. The van der Waals surface area contributed by atoms with Crippen molar-refractivity contribution >= 4 is 35.2 Å². The Morgan fingerprint density at radius 2 is 1.51 bits per heavy atom. The summed E-state index contributed by atoms with van der Waals surface area (Å²) in [4.78, 5) is 72.6. The van der Waals surface area contributed by atoms with Crippen molar-refractivity contribution in [1.29, 1.82) is 0 Å². The molecule has 0 spiro atoms. The summed E-state index contributed by atoms with van der Waals surface area (Å²) in [6.07, 6.45) is -1.78. The molecular formula is C25H23N3O11. The SMILES string of the molecule is CC(C)(OC(=O)OCc1ccc([N+](=O)[O-])cc1)[C@H]1C(=O)N2[C@@H]1CC(=O)[C@]2(Cc1ccc([N+](=O)[O-])cc1)C(=O)O. The number of non-ortho nitro benzene ring substituents is 2. The fourth-order valence-corrected chi connectivity index (χ4v) is 5.16. The summed E-state index contributed by atoms with van der Waals surface area (Å²) < 4.78 is 10.5. The first-order chi connectivity index (χ1) is 18.3. The summed E-state index contributed by atoms with van der Waals surface area (Å²) in [7, 11) is 0. The predicted octanol–water partition coefficient (Wildman–Crippen LogP) is 2.80. The molecule has 0 aliphatic carbocycles. The van der Waals surface area contributed by atoms with E-state index >= 15 is 0 Å². The number of benzene rings is 2. The van der Waals surface area contributed by atoms with Gasteiger partial charge in [-0.15, -0.1) is 0 Å². The zero-order chi connectivity index (χ0) is 28.7. The lowest BCUT2D eigenvalue weighted by Crippen LogP contribution is -2.73. The molecule has 4 rings (SSSR count). The Bertz CT molecular complexity index is 1370. The molecule has 0 bridgehead atoms. The minimum Gasteiger partial charge on any atom is -0.479 e. The maximum absolute atomic E-state index is 13.3. The Balaban J connectivity index is 1.45. The van der Waals surface area contributed by atoms with E-state index in [1.165, 1.54) is 62.4 Å². The van der Waals surface area contributed by atoms with Crippen LogP contribution in [0.5, 0.6) is 0 Å². The van der Waals surface area contributed by atoms with Gasteiger partial charge in [-0.25, -0.2) is 9.59 Å². The van der Waals surface area contributed by atoms with Crippen molar-refractivity contribution in [1.82, 2.24) is 4.90 Å². The smallest absolute Gasteiger partial charge is 0.479 e. The number of nitro benzene ring substituents is 2. The lowest BCUT2D eigenvalue weighted by Gasteiger charge is -2.52. The molecule has 2 aliphatic rings. The highest BCUT2D eigenvalue weighted by Crippen LogP contribution is 2.50. The van der Waals surface area contributed by atoms with Crippen LogP contribution in [-0.2, 0) is 36.9 Å². The van der Waals surface area contributed by atoms with Gasteiger partial charge in [0.25, 0.3) is 11.4 Å². The number of carboxylic acid groups (broad SMARTS) is 1. The predicted molar refractivity (Wildman–Crippen MR) is 129 cm³/mol. The molecule has 2 aromatic carbocycles. The van der Waals surface area contributed by atoms with Crippen LogP contribution in [0.15, 0.2) is 48.5 Å². The molecule has 0 saturated carbocycles. The van der Waals surface area contributed by atoms with Crippen molar-refractivity contribution < 1.29 is 43.6 Å². The van der Waals surface area contributed by atoms with E-state index in [2.05, 4.69) is 0 Å². The van der Waals surface area contributed by atoms with Gasteiger partial charge in [0.05, 0.1) is 21.8 Å². The lowest BCUT2D eigenvalue weighted by molar-refractivity contribution is -0.385. The van der Waals surface area contributed by atoms with Crippen LogP contribution >= 0.6 is 0 Å². The van der Waals surface area contributed by atoms with Crippen molar-refractivity contribution in [2.24, 2.45) is 5.92 Å². The highest BCUT2D eigenvalue weighted by atomic mass is 16.7. The largest absolute Gasteiger partial charge is 0.509 e. The van der Waals surface area contributed by atoms with Crippen LogP contribution in [0, 0.1) is 26.1 Å². The third-order valence-corrected chi connectivity index (χ3v) is 7.05. The molecule has 14 nitrogen and oxygen atoms in total. The van der Waals surface area contributed by atoms with Crippen LogP contribution in [0.1, 0.15) is 31.4 Å². The molecule has 3 atom stereocenters. The van der Waals surface area contributed by atoms with Crippen molar-refractivity contribution in [3.8, 4) is 0 Å². The number of fused-ring (bicyclic) bond motifs is 1. The molecule has 0 unspecified atom stereocenters. The van der Waals surface area contributed by atoms with Crippen molar-refractivity contribution in [3.05, 3.63) is 79.9 Å². The van der Waals surface area contributed by atoms with Crippen molar-refractivity contribution in [2.75, 3.05) is 0 Å². The Kier molecular flexibility index (Phi) is 6.81. The number of β-lactam (4-membered cyclic amide) rings is 1. The number of aliphatic carboxylic acids is 1. The molecule has 204 valence electrons. The average molecular weight is 541 g/mol. The van der Waals surface area contributed by atoms with E-state index in [1.54, 1.807) is 0 Å². The second-order valence-electron chi connectivity index (χ2n) is 9.81. The van der Waals surface area contributed by atoms with Crippen LogP contribution < -0.4 is 0 Å². The first kappa shape index (κ1) is 27.2. The minimum absolute atomic E-state index is 0.132. The summed E-state index contributed by atoms with van der Waals surface area (Å²) in [6, 6.07) is 9.49. The van der Waals surface area contributed by atoms with E-state index in [0.717, 1.165) is 4.90 Å². The van der Waals surface area contributed by atoms with Crippen LogP contribution in [0.25, 0.3) is 0 Å². The average Bonchev–Trinajstić information content (AvgIpc) is 3.10. The summed E-state index contributed by atoms with van der Waals surface area (Å²) in [6.45, 7) is 2.64. The first-order valence-electron chi connectivity index (χ1n) is 11.7. The van der Waals surface area contributed by atoms with Gasteiger partial charge in [-0.1, -0.05) is 12.1 Å². The first-order valence-corrected chi connectivity index (χ1v) is 11.7. The van der Waals surface area contributed by atoms with E-state index in [4.69, 9.17) is 9.47 Å². The van der Waals surface area contributed by atoms with Crippen LogP contribution in [0.2, 0.25) is 0 Å². The lowest BCUT2D eigenvalue weighted by atomic mass is 9.75. The van der Waals surface area contributed by atoms with E-state index in [1.807, 2.05) is 0 Å². The molecule has 39 heavy (non-hydrogen) atoms. The third-order valence-electron chi connectivity index (χ3n) is 7.05. The summed E-state index contributed by atoms with van der Waals surface area (Å²) in [5.74, 6) is -3.94. The molecule has 2 heterocycles. The van der Waals surface area contributed by atoms with Crippen LogP contribution in [-0.4, -0.2) is 60.8 Å². The number of amides is 1. The van der Waals surface area contributed by atoms with Gasteiger partial charge < -0.3 is 19.5 Å². The number of Topliss-reactive ketones (excluding diaryl/α,β-unsaturated/α-hetero) is 1. The van der Waals surface area contributed by atoms with Gasteiger partial charge in [-0.2, -0.15) is 0 Å². The van der Waals surface area contributed by atoms with E-state index in [0.29, 0.717) is 11.1 Å². The monoisotopic (exact) mass is 541 g/mol. The number of carboxylic acids is 1. The number of nitro groups is 2. The minimum atomic E-state index is -2.19. The molecule has 2 saturated heterocycles. The number of carbonyl (C=O) groups excluding carboxylic acids is 3. The van der Waals surface area contributed by atoms with Gasteiger partial charge in [0.2, 0.25) is 11.4 Å². The molecule has 2 fully saturated rings. The van der Waals surface area contributed by atoms with Gasteiger partial charge in [-0.05, 0) is 37.1 Å². The summed E-state index contributed by atoms with van der Waals surface area (Å²) in [5.41, 5.74) is -3.22. The molecule has 14 heteroatoms. The molecule has 2 aromatic rings. The molecule has 0 aromatic heterocycles. The number of ketones is 1. The number of ether oxygens (including phenoxy) is 2. The topological polar surface area (TPSA) is 196 Å². The molecule has 2 aliphatic heterocycles. The maximum Gasteiger partial charge on any atom is 0.509 e. The van der Waals surface area contributed by atoms with Gasteiger partial charge in [-0.3, -0.25) is 29.8 Å². The third kappa shape index (κ3) is 4.76. The fraction of sp³-hybridized carbons (Fsp3) is 0.360. The summed E-state index contributed by atoms with van der Waals surface area (Å²) in [5, 5.41) is 31.7. The zero-order valence-electron chi connectivity index (χ0n) is 20.8. The zero-order valence-corrected chi connectivity index (χ0v) is 20.8. The second-order valence-corrected chi connectivity index (χ2v) is 9.81. The highest BCUT2D eigenvalue weighted by Gasteiger charge is 2.71. The van der Waals surface area contributed by atoms with Gasteiger partial charge in [0, 0.05) is 37.1 Å². The Hall–Kier alpha value is -4.88. The second kappa shape index (κ2) is 9.78. The van der Waals surface area contributed by atoms with Gasteiger partial charge >= 0.3 is 12.1 Å². The van der Waals surface area contributed by atoms with Crippen LogP contribution in [0.3, 0.4) is 0 Å². The van der Waals surface area contributed by atoms with Crippen molar-refractivity contribution in [2.45, 2.75) is 50.5 Å². The fourth-order valence-electron chi connectivity index (χ4n) is 5.16. The quantitative estimate of drug-likeness (QED) is 0.161. The normalized spacial score (nSPS) is 22.1. The molecule has 1 amide bonds. The molecular weight excluding hydrogens is 518 g/mol. The Morgan fingerprint density at radius 3 is 2.00 bits per heavy atom. The van der Waals surface area contributed by atoms with E-state index in [9.17, 15) is 44.5 Å². The van der Waals surface area contributed by atoms with Crippen LogP contribution in [0.4, 0.5) is 16.2 Å². The maximum atomic E-state index is 13.3. The number of rotatable bonds is 9. The number of hydrogen-bond donors (Lipinski definition) is 1. The van der Waals surface area contributed by atoms with Crippen molar-refractivity contribution in [3.63, 3.8) is 0 Å². The van der Waals surface area contributed by atoms with E-state index < -0.39 is 56.8 Å².